The number of furan rings is 1. The molecule has 5 heteroatoms. The van der Waals surface area contributed by atoms with Gasteiger partial charge in [0.2, 0.25) is 0 Å². The van der Waals surface area contributed by atoms with Gasteiger partial charge in [-0.1, -0.05) is 12.1 Å². The normalized spacial score (nSPS) is 18.2. The van der Waals surface area contributed by atoms with Crippen molar-refractivity contribution in [2.24, 2.45) is 0 Å². The van der Waals surface area contributed by atoms with Gasteiger partial charge in [-0.05, 0) is 49.2 Å². The molecule has 4 rings (SSSR count). The average Bonchev–Trinajstić information content (AvgIpc) is 3.25. The van der Waals surface area contributed by atoms with E-state index in [4.69, 9.17) is 4.42 Å². The second-order valence-corrected chi connectivity index (χ2v) is 6.12. The number of carboxylic acid groups (broad SMARTS) is 1. The molecule has 24 heavy (non-hydrogen) atoms. The molecule has 2 aromatic heterocycles. The standard InChI is InChI=1S/C19H18N2O3/c22-19(23)15-8-7-13(18-14(15)4-1-9-20-18)12-21-10-2-5-16(21)17-6-3-11-24-17/h1,3-4,6-9,11,16H,2,5,10,12H2,(H,22,23). The maximum Gasteiger partial charge on any atom is 0.336 e. The van der Waals surface area contributed by atoms with E-state index in [9.17, 15) is 9.90 Å². The number of hydrogen-bond acceptors (Lipinski definition) is 4. The second-order valence-electron chi connectivity index (χ2n) is 6.12. The van der Waals surface area contributed by atoms with Gasteiger partial charge in [0.1, 0.15) is 5.76 Å². The topological polar surface area (TPSA) is 66.6 Å². The molecule has 1 saturated heterocycles. The zero-order chi connectivity index (χ0) is 16.5. The number of nitrogens with zero attached hydrogens (tertiary/aromatic N) is 2. The highest BCUT2D eigenvalue weighted by molar-refractivity contribution is 6.03. The maximum atomic E-state index is 11.4. The number of carbonyl (C=O) groups is 1. The molecule has 3 aromatic rings. The van der Waals surface area contributed by atoms with Gasteiger partial charge in [-0.15, -0.1) is 0 Å². The van der Waals surface area contributed by atoms with Crippen LogP contribution in [0.5, 0.6) is 0 Å². The van der Waals surface area contributed by atoms with Crippen molar-refractivity contribution >= 4 is 16.9 Å². The number of hydrogen-bond donors (Lipinski definition) is 1. The van der Waals surface area contributed by atoms with Crippen LogP contribution in [0.15, 0.2) is 53.3 Å². The molecule has 1 aliphatic rings. The number of aromatic nitrogens is 1. The SMILES string of the molecule is O=C(O)c1ccc(CN2CCCC2c2ccco2)c2ncccc12. The van der Waals surface area contributed by atoms with Crippen LogP contribution >= 0.6 is 0 Å². The minimum absolute atomic E-state index is 0.276. The summed E-state index contributed by atoms with van der Waals surface area (Å²) in [4.78, 5) is 18.2. The van der Waals surface area contributed by atoms with Gasteiger partial charge in [-0.2, -0.15) is 0 Å². The minimum Gasteiger partial charge on any atom is -0.478 e. The van der Waals surface area contributed by atoms with Crippen molar-refractivity contribution in [1.82, 2.24) is 9.88 Å². The van der Waals surface area contributed by atoms with E-state index in [0.29, 0.717) is 10.9 Å². The molecular weight excluding hydrogens is 304 g/mol. The lowest BCUT2D eigenvalue weighted by molar-refractivity contribution is 0.0699. The lowest BCUT2D eigenvalue weighted by atomic mass is 10.0. The predicted molar refractivity (Wildman–Crippen MR) is 89.8 cm³/mol. The van der Waals surface area contributed by atoms with E-state index in [0.717, 1.165) is 42.8 Å². The predicted octanol–water partition coefficient (Wildman–Crippen LogP) is 3.86. The highest BCUT2D eigenvalue weighted by Crippen LogP contribution is 2.34. The number of carboxylic acids is 1. The quantitative estimate of drug-likeness (QED) is 0.790. The van der Waals surface area contributed by atoms with E-state index >= 15 is 0 Å². The van der Waals surface area contributed by atoms with E-state index in [1.54, 1.807) is 24.6 Å². The molecule has 1 aromatic carbocycles. The fraction of sp³-hybridized carbons (Fsp3) is 0.263. The second kappa shape index (κ2) is 6.09. The van der Waals surface area contributed by atoms with Gasteiger partial charge >= 0.3 is 5.97 Å². The summed E-state index contributed by atoms with van der Waals surface area (Å²) in [6.45, 7) is 1.74. The first-order chi connectivity index (χ1) is 11.7. The van der Waals surface area contributed by atoms with E-state index in [2.05, 4.69) is 9.88 Å². The number of rotatable bonds is 4. The Morgan fingerprint density at radius 2 is 2.21 bits per heavy atom. The summed E-state index contributed by atoms with van der Waals surface area (Å²) < 4.78 is 5.59. The third-order valence-electron chi connectivity index (χ3n) is 4.69. The van der Waals surface area contributed by atoms with E-state index < -0.39 is 5.97 Å². The molecule has 1 aliphatic heterocycles. The van der Waals surface area contributed by atoms with Gasteiger partial charge in [0, 0.05) is 18.1 Å². The fourth-order valence-electron chi connectivity index (χ4n) is 3.58. The molecule has 0 amide bonds. The zero-order valence-electron chi connectivity index (χ0n) is 13.2. The summed E-state index contributed by atoms with van der Waals surface area (Å²) in [6, 6.07) is 11.4. The van der Waals surface area contributed by atoms with Crippen molar-refractivity contribution in [3.05, 3.63) is 65.7 Å². The molecular formula is C19H18N2O3. The van der Waals surface area contributed by atoms with Crippen LogP contribution in [0.2, 0.25) is 0 Å². The van der Waals surface area contributed by atoms with Crippen LogP contribution in [0.3, 0.4) is 0 Å². The van der Waals surface area contributed by atoms with E-state index in [-0.39, 0.29) is 6.04 Å². The number of aromatic carboxylic acids is 1. The van der Waals surface area contributed by atoms with Crippen molar-refractivity contribution in [1.29, 1.82) is 0 Å². The Hall–Kier alpha value is -2.66. The molecule has 0 aliphatic carbocycles. The summed E-state index contributed by atoms with van der Waals surface area (Å²) in [5.41, 5.74) is 2.11. The van der Waals surface area contributed by atoms with Crippen LogP contribution in [-0.2, 0) is 6.54 Å². The van der Waals surface area contributed by atoms with Gasteiger partial charge < -0.3 is 9.52 Å². The van der Waals surface area contributed by atoms with Gasteiger partial charge in [-0.25, -0.2) is 4.79 Å². The smallest absolute Gasteiger partial charge is 0.336 e. The van der Waals surface area contributed by atoms with Crippen molar-refractivity contribution in [3.8, 4) is 0 Å². The summed E-state index contributed by atoms with van der Waals surface area (Å²) in [7, 11) is 0. The largest absolute Gasteiger partial charge is 0.478 e. The van der Waals surface area contributed by atoms with E-state index in [1.165, 1.54) is 0 Å². The molecule has 1 N–H and O–H groups in total. The summed E-state index contributed by atoms with van der Waals surface area (Å²) in [5, 5.41) is 10.1. The summed E-state index contributed by atoms with van der Waals surface area (Å²) in [5.74, 6) is 0.0705. The highest BCUT2D eigenvalue weighted by atomic mass is 16.4. The van der Waals surface area contributed by atoms with Crippen LogP contribution in [0.25, 0.3) is 10.9 Å². The Labute approximate surface area is 139 Å². The van der Waals surface area contributed by atoms with Gasteiger partial charge in [-0.3, -0.25) is 9.88 Å². The molecule has 1 fully saturated rings. The molecule has 0 bridgehead atoms. The lowest BCUT2D eigenvalue weighted by Crippen LogP contribution is -2.22. The Bertz CT molecular complexity index is 873. The zero-order valence-corrected chi connectivity index (χ0v) is 13.2. The van der Waals surface area contributed by atoms with Crippen molar-refractivity contribution in [2.75, 3.05) is 6.54 Å². The third-order valence-corrected chi connectivity index (χ3v) is 4.69. The van der Waals surface area contributed by atoms with Crippen molar-refractivity contribution in [3.63, 3.8) is 0 Å². The Morgan fingerprint density at radius 3 is 3.00 bits per heavy atom. The Morgan fingerprint density at radius 1 is 1.29 bits per heavy atom. The van der Waals surface area contributed by atoms with Crippen molar-refractivity contribution < 1.29 is 14.3 Å². The average molecular weight is 322 g/mol. The molecule has 1 atom stereocenters. The van der Waals surface area contributed by atoms with Gasteiger partial charge in [0.15, 0.2) is 0 Å². The Kier molecular flexibility index (Phi) is 3.78. The van der Waals surface area contributed by atoms with Gasteiger partial charge in [0.25, 0.3) is 0 Å². The van der Waals surface area contributed by atoms with Crippen LogP contribution in [0.1, 0.15) is 40.6 Å². The fourth-order valence-corrected chi connectivity index (χ4v) is 3.58. The maximum absolute atomic E-state index is 11.4. The third kappa shape index (κ3) is 2.57. The molecule has 0 radical (unpaired) electrons. The number of likely N-dealkylation sites (tertiary alicyclic amines) is 1. The molecule has 1 unspecified atom stereocenters. The summed E-state index contributed by atoms with van der Waals surface area (Å²) >= 11 is 0. The number of benzene rings is 1. The van der Waals surface area contributed by atoms with Crippen LogP contribution in [-0.4, -0.2) is 27.5 Å². The lowest BCUT2D eigenvalue weighted by Gasteiger charge is -2.23. The monoisotopic (exact) mass is 322 g/mol. The van der Waals surface area contributed by atoms with E-state index in [1.807, 2.05) is 24.3 Å². The first-order valence-corrected chi connectivity index (χ1v) is 8.11. The number of pyridine rings is 1. The van der Waals surface area contributed by atoms with Crippen LogP contribution in [0, 0.1) is 0 Å². The molecule has 3 heterocycles. The van der Waals surface area contributed by atoms with Gasteiger partial charge in [0.05, 0.1) is 23.4 Å². The Balaban J connectivity index is 1.70. The van der Waals surface area contributed by atoms with Crippen LogP contribution in [0.4, 0.5) is 0 Å². The summed E-state index contributed by atoms with van der Waals surface area (Å²) in [6.07, 6.45) is 5.63. The highest BCUT2D eigenvalue weighted by Gasteiger charge is 2.28. The molecule has 0 saturated carbocycles. The first kappa shape index (κ1) is 14.9. The van der Waals surface area contributed by atoms with Crippen LogP contribution < -0.4 is 0 Å². The molecule has 122 valence electrons. The molecule has 0 spiro atoms. The van der Waals surface area contributed by atoms with Crippen molar-refractivity contribution in [2.45, 2.75) is 25.4 Å². The number of fused-ring (bicyclic) bond motifs is 1. The molecule has 5 nitrogen and oxygen atoms in total. The minimum atomic E-state index is -0.922. The first-order valence-electron chi connectivity index (χ1n) is 8.11.